The highest BCUT2D eigenvalue weighted by molar-refractivity contribution is 8.16. The summed E-state index contributed by atoms with van der Waals surface area (Å²) in [5.74, 6) is 0.240. The number of carbonyl (C=O) groups is 1. The van der Waals surface area contributed by atoms with Crippen molar-refractivity contribution in [2.75, 3.05) is 18.4 Å². The first-order valence-electron chi connectivity index (χ1n) is 8.06. The van der Waals surface area contributed by atoms with E-state index in [4.69, 9.17) is 0 Å². The lowest BCUT2D eigenvalue weighted by atomic mass is 9.93. The molecule has 0 spiro atoms. The zero-order chi connectivity index (χ0) is 15.6. The lowest BCUT2D eigenvalue weighted by Gasteiger charge is -2.18. The first-order chi connectivity index (χ1) is 11.3. The monoisotopic (exact) mass is 325 g/mol. The van der Waals surface area contributed by atoms with Crippen molar-refractivity contribution >= 4 is 34.2 Å². The number of fused-ring (bicyclic) bond motifs is 1. The molecule has 4 rings (SSSR count). The fourth-order valence-corrected chi connectivity index (χ4v) is 4.11. The van der Waals surface area contributed by atoms with Crippen molar-refractivity contribution in [1.29, 1.82) is 0 Å². The molecule has 23 heavy (non-hydrogen) atoms. The Morgan fingerprint density at radius 2 is 2.13 bits per heavy atom. The first-order valence-corrected chi connectivity index (χ1v) is 8.94. The van der Waals surface area contributed by atoms with Crippen molar-refractivity contribution in [1.82, 2.24) is 4.90 Å². The molecule has 2 heterocycles. The van der Waals surface area contributed by atoms with Crippen LogP contribution in [0.15, 0.2) is 46.8 Å². The lowest BCUT2D eigenvalue weighted by Crippen LogP contribution is -2.23. The van der Waals surface area contributed by atoms with Crippen LogP contribution in [-0.2, 0) is 4.79 Å². The molecule has 3 aliphatic rings. The van der Waals surface area contributed by atoms with Gasteiger partial charge in [-0.05, 0) is 37.0 Å². The van der Waals surface area contributed by atoms with Crippen LogP contribution in [0.1, 0.15) is 24.8 Å². The molecule has 1 aromatic rings. The van der Waals surface area contributed by atoms with Crippen molar-refractivity contribution in [3.63, 3.8) is 0 Å². The predicted molar refractivity (Wildman–Crippen MR) is 96.1 cm³/mol. The third kappa shape index (κ3) is 2.93. The Hall–Kier alpha value is -2.01. The molecule has 4 nitrogen and oxygen atoms in total. The van der Waals surface area contributed by atoms with Crippen LogP contribution >= 0.6 is 11.8 Å². The summed E-state index contributed by atoms with van der Waals surface area (Å²) in [6, 6.07) is 8.12. The highest BCUT2D eigenvalue weighted by Gasteiger charge is 2.27. The molecule has 1 aromatic carbocycles. The normalized spacial score (nSPS) is 22.6. The zero-order valence-electron chi connectivity index (χ0n) is 12.9. The highest BCUT2D eigenvalue weighted by Crippen LogP contribution is 2.35. The van der Waals surface area contributed by atoms with Crippen molar-refractivity contribution in [2.24, 2.45) is 10.9 Å². The molecule has 118 valence electrons. The Labute approximate surface area is 140 Å². The molecule has 5 heteroatoms. The van der Waals surface area contributed by atoms with E-state index in [-0.39, 0.29) is 11.8 Å². The van der Waals surface area contributed by atoms with Crippen LogP contribution < -0.4 is 5.32 Å². The van der Waals surface area contributed by atoms with Crippen molar-refractivity contribution in [3.8, 4) is 0 Å². The summed E-state index contributed by atoms with van der Waals surface area (Å²) in [6.45, 7) is 1.84. The molecule has 0 saturated carbocycles. The standard InChI is InChI=1S/C18H19N3OS/c22-17(14-4-2-1-3-5-14)20-15-8-6-13(7-9-15)16-12-23-18-19-10-11-21(16)18/h1-2,6-9,12,14H,3-5,10-11H2,(H,20,22). The average Bonchev–Trinajstić information content (AvgIpc) is 3.20. The summed E-state index contributed by atoms with van der Waals surface area (Å²) >= 11 is 1.69. The van der Waals surface area contributed by atoms with Gasteiger partial charge < -0.3 is 10.2 Å². The maximum absolute atomic E-state index is 12.3. The van der Waals surface area contributed by atoms with Gasteiger partial charge in [-0.25, -0.2) is 0 Å². The summed E-state index contributed by atoms with van der Waals surface area (Å²) in [4.78, 5) is 19.0. The second-order valence-electron chi connectivity index (χ2n) is 5.98. The van der Waals surface area contributed by atoms with Gasteiger partial charge in [0.25, 0.3) is 0 Å². The molecule has 1 aliphatic carbocycles. The molecule has 1 amide bonds. The topological polar surface area (TPSA) is 44.7 Å². The molecule has 0 saturated heterocycles. The number of allylic oxidation sites excluding steroid dienone is 2. The van der Waals surface area contributed by atoms with E-state index in [0.29, 0.717) is 0 Å². The first kappa shape index (κ1) is 14.6. The zero-order valence-corrected chi connectivity index (χ0v) is 13.7. The van der Waals surface area contributed by atoms with Crippen LogP contribution in [-0.4, -0.2) is 29.1 Å². The van der Waals surface area contributed by atoms with Gasteiger partial charge in [-0.3, -0.25) is 9.79 Å². The Morgan fingerprint density at radius 1 is 1.26 bits per heavy atom. The van der Waals surface area contributed by atoms with Gasteiger partial charge in [0.2, 0.25) is 5.91 Å². The number of rotatable bonds is 3. The molecule has 0 fully saturated rings. The van der Waals surface area contributed by atoms with Gasteiger partial charge in [0, 0.05) is 23.6 Å². The Bertz CT molecular complexity index is 705. The third-order valence-electron chi connectivity index (χ3n) is 4.46. The van der Waals surface area contributed by atoms with E-state index in [9.17, 15) is 4.79 Å². The molecule has 0 radical (unpaired) electrons. The summed E-state index contributed by atoms with van der Waals surface area (Å²) < 4.78 is 0. The summed E-state index contributed by atoms with van der Waals surface area (Å²) in [6.07, 6.45) is 7.06. The van der Waals surface area contributed by atoms with Crippen LogP contribution in [0.5, 0.6) is 0 Å². The van der Waals surface area contributed by atoms with Gasteiger partial charge in [-0.1, -0.05) is 36.0 Å². The van der Waals surface area contributed by atoms with Gasteiger partial charge in [0.05, 0.1) is 12.2 Å². The van der Waals surface area contributed by atoms with Gasteiger partial charge in [-0.2, -0.15) is 0 Å². The van der Waals surface area contributed by atoms with E-state index in [1.807, 2.05) is 12.1 Å². The smallest absolute Gasteiger partial charge is 0.227 e. The van der Waals surface area contributed by atoms with Crippen molar-refractivity contribution < 1.29 is 4.79 Å². The second kappa shape index (κ2) is 6.24. The van der Waals surface area contributed by atoms with E-state index in [2.05, 4.69) is 44.9 Å². The number of anilines is 1. The van der Waals surface area contributed by atoms with Crippen LogP contribution in [0.2, 0.25) is 0 Å². The van der Waals surface area contributed by atoms with Crippen molar-refractivity contribution in [2.45, 2.75) is 19.3 Å². The molecule has 0 aromatic heterocycles. The number of hydrogen-bond acceptors (Lipinski definition) is 4. The van der Waals surface area contributed by atoms with E-state index in [0.717, 1.165) is 43.2 Å². The summed E-state index contributed by atoms with van der Waals surface area (Å²) in [7, 11) is 0. The average molecular weight is 325 g/mol. The largest absolute Gasteiger partial charge is 0.326 e. The number of benzene rings is 1. The molecule has 2 aliphatic heterocycles. The fraction of sp³-hybridized carbons (Fsp3) is 0.333. The molecule has 0 bridgehead atoms. The molecular formula is C18H19N3OS. The molecular weight excluding hydrogens is 306 g/mol. The minimum atomic E-state index is 0.108. The van der Waals surface area contributed by atoms with E-state index >= 15 is 0 Å². The van der Waals surface area contributed by atoms with Gasteiger partial charge >= 0.3 is 0 Å². The van der Waals surface area contributed by atoms with E-state index < -0.39 is 0 Å². The Morgan fingerprint density at radius 3 is 2.91 bits per heavy atom. The number of carbonyl (C=O) groups excluding carboxylic acids is 1. The van der Waals surface area contributed by atoms with Crippen LogP contribution in [0, 0.1) is 5.92 Å². The maximum atomic E-state index is 12.3. The second-order valence-corrected chi connectivity index (χ2v) is 6.82. The summed E-state index contributed by atoms with van der Waals surface area (Å²) in [5, 5.41) is 6.29. The Balaban J connectivity index is 1.43. The maximum Gasteiger partial charge on any atom is 0.227 e. The number of hydrogen-bond donors (Lipinski definition) is 1. The molecule has 1 unspecified atom stereocenters. The summed E-state index contributed by atoms with van der Waals surface area (Å²) in [5.41, 5.74) is 3.25. The third-order valence-corrected chi connectivity index (χ3v) is 5.36. The predicted octanol–water partition coefficient (Wildman–Crippen LogP) is 3.70. The number of nitrogens with zero attached hydrogens (tertiary/aromatic N) is 2. The van der Waals surface area contributed by atoms with Gasteiger partial charge in [0.1, 0.15) is 0 Å². The highest BCUT2D eigenvalue weighted by atomic mass is 32.2. The number of aliphatic imine (C=N–C) groups is 1. The quantitative estimate of drug-likeness (QED) is 0.862. The minimum Gasteiger partial charge on any atom is -0.326 e. The minimum absolute atomic E-state index is 0.108. The number of thioether (sulfide) groups is 1. The van der Waals surface area contributed by atoms with Crippen molar-refractivity contribution in [3.05, 3.63) is 47.4 Å². The lowest BCUT2D eigenvalue weighted by molar-refractivity contribution is -0.120. The molecule has 1 atom stereocenters. The van der Waals surface area contributed by atoms with E-state index in [1.54, 1.807) is 11.8 Å². The van der Waals surface area contributed by atoms with Gasteiger partial charge in [0.15, 0.2) is 5.17 Å². The van der Waals surface area contributed by atoms with E-state index in [1.165, 1.54) is 11.3 Å². The molecule has 1 N–H and O–H groups in total. The van der Waals surface area contributed by atoms with Crippen LogP contribution in [0.25, 0.3) is 5.70 Å². The number of nitrogens with one attached hydrogen (secondary N) is 1. The van der Waals surface area contributed by atoms with Crippen LogP contribution in [0.3, 0.4) is 0 Å². The number of amidine groups is 1. The Kier molecular flexibility index (Phi) is 3.95. The SMILES string of the molecule is O=C(Nc1ccc(C2=CSC3=NCCN23)cc1)C1CC=CCC1. The van der Waals surface area contributed by atoms with Crippen LogP contribution in [0.4, 0.5) is 5.69 Å². The number of amides is 1. The fourth-order valence-electron chi connectivity index (χ4n) is 3.15. The van der Waals surface area contributed by atoms with Gasteiger partial charge in [-0.15, -0.1) is 0 Å².